The zero-order valence-corrected chi connectivity index (χ0v) is 12.0. The van der Waals surface area contributed by atoms with Crippen molar-refractivity contribution in [2.24, 2.45) is 5.92 Å². The van der Waals surface area contributed by atoms with Crippen molar-refractivity contribution >= 4 is 11.9 Å². The minimum Gasteiger partial charge on any atom is -0.408 e. The highest BCUT2D eigenvalue weighted by atomic mass is 16.4. The van der Waals surface area contributed by atoms with E-state index in [0.29, 0.717) is 17.8 Å². The van der Waals surface area contributed by atoms with Crippen molar-refractivity contribution in [1.29, 1.82) is 0 Å². The molecule has 0 spiro atoms. The maximum Gasteiger partial charge on any atom is 0.318 e. The van der Waals surface area contributed by atoms with Crippen LogP contribution in [-0.2, 0) is 4.79 Å². The second-order valence-electron chi connectivity index (χ2n) is 5.75. The van der Waals surface area contributed by atoms with Crippen LogP contribution in [0.25, 0.3) is 0 Å². The van der Waals surface area contributed by atoms with Gasteiger partial charge in [0.15, 0.2) is 0 Å². The quantitative estimate of drug-likeness (QED) is 0.822. The lowest BCUT2D eigenvalue weighted by Crippen LogP contribution is -2.50. The summed E-state index contributed by atoms with van der Waals surface area (Å²) in [4.78, 5) is 16.5. The number of anilines is 1. The molecule has 110 valence electrons. The number of carbonyl (C=O) groups excluding carboxylic acids is 1. The number of rotatable bonds is 2. The maximum atomic E-state index is 12.5. The summed E-state index contributed by atoms with van der Waals surface area (Å²) < 4.78 is 5.44. The largest absolute Gasteiger partial charge is 0.408 e. The first kappa shape index (κ1) is 13.4. The number of carbonyl (C=O) groups is 1. The summed E-state index contributed by atoms with van der Waals surface area (Å²) in [5.41, 5.74) is 0. The summed E-state index contributed by atoms with van der Waals surface area (Å²) >= 11 is 0. The van der Waals surface area contributed by atoms with Gasteiger partial charge in [-0.15, -0.1) is 5.10 Å². The van der Waals surface area contributed by atoms with Crippen molar-refractivity contribution in [3.63, 3.8) is 0 Å². The van der Waals surface area contributed by atoms with Crippen LogP contribution in [0.3, 0.4) is 0 Å². The number of aromatic nitrogens is 2. The average Bonchev–Trinajstić information content (AvgIpc) is 2.94. The van der Waals surface area contributed by atoms with Gasteiger partial charge >= 0.3 is 6.01 Å². The van der Waals surface area contributed by atoms with E-state index in [1.807, 2.05) is 4.90 Å². The van der Waals surface area contributed by atoms with Gasteiger partial charge in [-0.3, -0.25) is 4.79 Å². The standard InChI is InChI=1S/C14H22N4O2/c1-11-15-16-14(20-11)18-9-7-17(8-10-18)13(19)12-5-3-2-4-6-12/h12H,2-10H2,1H3. The number of amides is 1. The zero-order chi connectivity index (χ0) is 13.9. The van der Waals surface area contributed by atoms with Crippen LogP contribution in [-0.4, -0.2) is 47.2 Å². The molecule has 0 aromatic carbocycles. The fourth-order valence-corrected chi connectivity index (χ4v) is 3.14. The van der Waals surface area contributed by atoms with Crippen molar-refractivity contribution in [3.8, 4) is 0 Å². The first-order chi connectivity index (χ1) is 9.74. The van der Waals surface area contributed by atoms with E-state index in [-0.39, 0.29) is 5.92 Å². The monoisotopic (exact) mass is 278 g/mol. The van der Waals surface area contributed by atoms with Crippen LogP contribution in [0.4, 0.5) is 6.01 Å². The molecule has 0 bridgehead atoms. The lowest BCUT2D eigenvalue weighted by atomic mass is 9.88. The molecule has 1 aromatic heterocycles. The molecule has 1 saturated heterocycles. The van der Waals surface area contributed by atoms with E-state index in [4.69, 9.17) is 4.42 Å². The molecule has 6 heteroatoms. The molecule has 1 aliphatic carbocycles. The SMILES string of the molecule is Cc1nnc(N2CCN(C(=O)C3CCCCC3)CC2)o1. The third kappa shape index (κ3) is 2.78. The Morgan fingerprint density at radius 3 is 2.40 bits per heavy atom. The molecular formula is C14H22N4O2. The van der Waals surface area contributed by atoms with E-state index in [1.165, 1.54) is 19.3 Å². The fourth-order valence-electron chi connectivity index (χ4n) is 3.14. The summed E-state index contributed by atoms with van der Waals surface area (Å²) in [6.45, 7) is 4.87. The molecule has 1 aromatic rings. The van der Waals surface area contributed by atoms with Gasteiger partial charge in [-0.1, -0.05) is 24.4 Å². The lowest BCUT2D eigenvalue weighted by Gasteiger charge is -2.36. The predicted octanol–water partition coefficient (Wildman–Crippen LogP) is 1.61. The molecule has 1 saturated carbocycles. The lowest BCUT2D eigenvalue weighted by molar-refractivity contribution is -0.136. The summed E-state index contributed by atoms with van der Waals surface area (Å²) in [7, 11) is 0. The summed E-state index contributed by atoms with van der Waals surface area (Å²) in [6.07, 6.45) is 5.84. The normalized spacial score (nSPS) is 21.2. The summed E-state index contributed by atoms with van der Waals surface area (Å²) in [5, 5.41) is 7.89. The maximum absolute atomic E-state index is 12.5. The first-order valence-electron chi connectivity index (χ1n) is 7.58. The van der Waals surface area contributed by atoms with Crippen molar-refractivity contribution in [3.05, 3.63) is 5.89 Å². The van der Waals surface area contributed by atoms with Crippen LogP contribution < -0.4 is 4.90 Å². The average molecular weight is 278 g/mol. The highest BCUT2D eigenvalue weighted by molar-refractivity contribution is 5.79. The van der Waals surface area contributed by atoms with E-state index in [9.17, 15) is 4.79 Å². The Hall–Kier alpha value is -1.59. The fraction of sp³-hybridized carbons (Fsp3) is 0.786. The van der Waals surface area contributed by atoms with Crippen molar-refractivity contribution in [2.45, 2.75) is 39.0 Å². The molecule has 0 radical (unpaired) electrons. The van der Waals surface area contributed by atoms with Crippen LogP contribution in [0.5, 0.6) is 0 Å². The second-order valence-corrected chi connectivity index (χ2v) is 5.75. The van der Waals surface area contributed by atoms with Gasteiger partial charge in [0.05, 0.1) is 0 Å². The Morgan fingerprint density at radius 1 is 1.10 bits per heavy atom. The highest BCUT2D eigenvalue weighted by Crippen LogP contribution is 2.26. The van der Waals surface area contributed by atoms with E-state index in [1.54, 1.807) is 6.92 Å². The van der Waals surface area contributed by atoms with Gasteiger partial charge in [0.1, 0.15) is 0 Å². The number of piperazine rings is 1. The second kappa shape index (κ2) is 5.81. The molecule has 20 heavy (non-hydrogen) atoms. The minimum absolute atomic E-state index is 0.265. The molecule has 6 nitrogen and oxygen atoms in total. The van der Waals surface area contributed by atoms with Crippen molar-refractivity contribution in [1.82, 2.24) is 15.1 Å². The van der Waals surface area contributed by atoms with Gasteiger partial charge in [-0.2, -0.15) is 0 Å². The van der Waals surface area contributed by atoms with Gasteiger partial charge in [-0.25, -0.2) is 0 Å². The van der Waals surface area contributed by atoms with Gasteiger partial charge in [-0.05, 0) is 12.8 Å². The van der Waals surface area contributed by atoms with E-state index >= 15 is 0 Å². The zero-order valence-electron chi connectivity index (χ0n) is 12.0. The minimum atomic E-state index is 0.265. The van der Waals surface area contributed by atoms with Crippen LogP contribution >= 0.6 is 0 Å². The molecular weight excluding hydrogens is 256 g/mol. The van der Waals surface area contributed by atoms with E-state index in [0.717, 1.165) is 39.0 Å². The third-order valence-electron chi connectivity index (χ3n) is 4.33. The number of nitrogens with zero attached hydrogens (tertiary/aromatic N) is 4. The Morgan fingerprint density at radius 2 is 1.80 bits per heavy atom. The molecule has 0 atom stereocenters. The molecule has 0 unspecified atom stereocenters. The predicted molar refractivity (Wildman–Crippen MR) is 74.4 cm³/mol. The Kier molecular flexibility index (Phi) is 3.89. The topological polar surface area (TPSA) is 62.5 Å². The van der Waals surface area contributed by atoms with Gasteiger partial charge in [0, 0.05) is 39.0 Å². The van der Waals surface area contributed by atoms with Crippen LogP contribution in [0.2, 0.25) is 0 Å². The van der Waals surface area contributed by atoms with Gasteiger partial charge in [0.25, 0.3) is 0 Å². The number of aryl methyl sites for hydroxylation is 1. The van der Waals surface area contributed by atoms with Gasteiger partial charge < -0.3 is 14.2 Å². The molecule has 0 N–H and O–H groups in total. The molecule has 3 rings (SSSR count). The number of hydrogen-bond donors (Lipinski definition) is 0. The number of hydrogen-bond acceptors (Lipinski definition) is 5. The Balaban J connectivity index is 1.54. The van der Waals surface area contributed by atoms with Crippen LogP contribution in [0, 0.1) is 12.8 Å². The Bertz CT molecular complexity index is 459. The summed E-state index contributed by atoms with van der Waals surface area (Å²) in [6, 6.07) is 0.576. The van der Waals surface area contributed by atoms with E-state index < -0.39 is 0 Å². The first-order valence-corrected chi connectivity index (χ1v) is 7.58. The smallest absolute Gasteiger partial charge is 0.318 e. The third-order valence-corrected chi connectivity index (χ3v) is 4.33. The molecule has 1 aliphatic heterocycles. The van der Waals surface area contributed by atoms with Gasteiger partial charge in [0.2, 0.25) is 11.8 Å². The van der Waals surface area contributed by atoms with Crippen LogP contribution in [0.1, 0.15) is 38.0 Å². The van der Waals surface area contributed by atoms with Crippen LogP contribution in [0.15, 0.2) is 4.42 Å². The van der Waals surface area contributed by atoms with E-state index in [2.05, 4.69) is 15.1 Å². The molecule has 2 fully saturated rings. The molecule has 1 amide bonds. The highest BCUT2D eigenvalue weighted by Gasteiger charge is 2.29. The Labute approximate surface area is 119 Å². The van der Waals surface area contributed by atoms with Crippen molar-refractivity contribution < 1.29 is 9.21 Å². The molecule has 2 heterocycles. The molecule has 2 aliphatic rings. The summed E-state index contributed by atoms with van der Waals surface area (Å²) in [5.74, 6) is 1.20. The van der Waals surface area contributed by atoms with Crippen molar-refractivity contribution in [2.75, 3.05) is 31.1 Å².